The predicted molar refractivity (Wildman–Crippen MR) is 107 cm³/mol. The number of aryl methyl sites for hydroxylation is 2. The van der Waals surface area contributed by atoms with Crippen LogP contribution >= 0.6 is 11.8 Å². The summed E-state index contributed by atoms with van der Waals surface area (Å²) in [4.78, 5) is 30.9. The van der Waals surface area contributed by atoms with E-state index in [0.29, 0.717) is 10.9 Å². The molecule has 1 N–H and O–H groups in total. The minimum Gasteiger partial charge on any atom is -0.325 e. The highest BCUT2D eigenvalue weighted by Crippen LogP contribution is 2.29. The first-order chi connectivity index (χ1) is 12.8. The lowest BCUT2D eigenvalue weighted by molar-refractivity contribution is -0.128. The Bertz CT molecular complexity index is 912. The highest BCUT2D eigenvalue weighted by atomic mass is 32.2. The fraction of sp³-hybridized carbons (Fsp3) is 0.250. The van der Waals surface area contributed by atoms with Crippen molar-refractivity contribution in [1.29, 1.82) is 0 Å². The largest absolute Gasteiger partial charge is 0.325 e. The van der Waals surface area contributed by atoms with E-state index >= 15 is 0 Å². The van der Waals surface area contributed by atoms with Gasteiger partial charge in [-0.05, 0) is 61.4 Å². The second-order valence-electron chi connectivity index (χ2n) is 6.42. The third kappa shape index (κ3) is 4.54. The number of thioether (sulfide) groups is 1. The minimum absolute atomic E-state index is 0.0835. The van der Waals surface area contributed by atoms with Gasteiger partial charge < -0.3 is 5.32 Å². The molecule has 2 aromatic rings. The van der Waals surface area contributed by atoms with Crippen LogP contribution in [0.25, 0.3) is 0 Å². The third-order valence-electron chi connectivity index (χ3n) is 4.39. The number of amides is 2. The molecule has 140 valence electrons. The van der Waals surface area contributed by atoms with Crippen LogP contribution in [-0.4, -0.2) is 34.2 Å². The first-order valence-corrected chi connectivity index (χ1v) is 9.37. The number of benzene rings is 2. The zero-order valence-electron chi connectivity index (χ0n) is 15.3. The second-order valence-corrected chi connectivity index (χ2v) is 7.59. The van der Waals surface area contributed by atoms with Crippen LogP contribution < -0.4 is 5.32 Å². The Kier molecular flexibility index (Phi) is 5.60. The summed E-state index contributed by atoms with van der Waals surface area (Å²) in [5.74, 6) is -0.851. The van der Waals surface area contributed by atoms with E-state index in [2.05, 4.69) is 10.3 Å². The molecule has 0 aliphatic carbocycles. The fourth-order valence-electron chi connectivity index (χ4n) is 2.56. The standard InChI is InChI=1S/C20H20FN3O2S/c1-12-4-7-16(10-13(12)2)23-20-24(3)18(25)11-17(27-20)19(26)22-15-8-5-14(21)6-9-15/h4-10,17H,11H2,1-3H3,(H,22,26). The summed E-state index contributed by atoms with van der Waals surface area (Å²) in [7, 11) is 1.66. The Morgan fingerprint density at radius 2 is 1.89 bits per heavy atom. The average Bonchev–Trinajstić information content (AvgIpc) is 2.63. The van der Waals surface area contributed by atoms with Crippen LogP contribution in [0.4, 0.5) is 15.8 Å². The summed E-state index contributed by atoms with van der Waals surface area (Å²) in [6, 6.07) is 11.3. The van der Waals surface area contributed by atoms with E-state index in [0.717, 1.165) is 16.8 Å². The molecule has 0 radical (unpaired) electrons. The number of rotatable bonds is 3. The molecule has 7 heteroatoms. The fourth-order valence-corrected chi connectivity index (χ4v) is 3.62. The van der Waals surface area contributed by atoms with E-state index in [9.17, 15) is 14.0 Å². The maximum Gasteiger partial charge on any atom is 0.238 e. The van der Waals surface area contributed by atoms with E-state index in [1.807, 2.05) is 32.0 Å². The zero-order valence-corrected chi connectivity index (χ0v) is 16.1. The maximum atomic E-state index is 13.0. The molecule has 1 saturated heterocycles. The lowest BCUT2D eigenvalue weighted by Crippen LogP contribution is -2.43. The normalized spacial score (nSPS) is 18.7. The van der Waals surface area contributed by atoms with Crippen molar-refractivity contribution >= 4 is 40.1 Å². The molecule has 1 fully saturated rings. The van der Waals surface area contributed by atoms with E-state index in [1.165, 1.54) is 40.9 Å². The van der Waals surface area contributed by atoms with Gasteiger partial charge in [0.05, 0.1) is 5.69 Å². The third-order valence-corrected chi connectivity index (χ3v) is 5.63. The van der Waals surface area contributed by atoms with Crippen LogP contribution in [0.5, 0.6) is 0 Å². The van der Waals surface area contributed by atoms with Crippen molar-refractivity contribution < 1.29 is 14.0 Å². The molecule has 0 spiro atoms. The molecule has 1 aliphatic heterocycles. The molecule has 5 nitrogen and oxygen atoms in total. The molecule has 27 heavy (non-hydrogen) atoms. The quantitative estimate of drug-likeness (QED) is 0.868. The van der Waals surface area contributed by atoms with Gasteiger partial charge >= 0.3 is 0 Å². The number of amidine groups is 1. The lowest BCUT2D eigenvalue weighted by atomic mass is 10.1. The van der Waals surface area contributed by atoms with Crippen LogP contribution in [-0.2, 0) is 9.59 Å². The number of halogens is 1. The smallest absolute Gasteiger partial charge is 0.238 e. The van der Waals surface area contributed by atoms with Gasteiger partial charge in [0.1, 0.15) is 11.1 Å². The van der Waals surface area contributed by atoms with Gasteiger partial charge in [-0.15, -0.1) is 0 Å². The topological polar surface area (TPSA) is 61.8 Å². The van der Waals surface area contributed by atoms with E-state index < -0.39 is 5.25 Å². The summed E-state index contributed by atoms with van der Waals surface area (Å²) >= 11 is 1.25. The van der Waals surface area contributed by atoms with Gasteiger partial charge in [-0.3, -0.25) is 14.5 Å². The molecule has 3 rings (SSSR count). The summed E-state index contributed by atoms with van der Waals surface area (Å²) < 4.78 is 13.0. The number of hydrogen-bond donors (Lipinski definition) is 1. The van der Waals surface area contributed by atoms with Crippen molar-refractivity contribution in [2.24, 2.45) is 4.99 Å². The van der Waals surface area contributed by atoms with Crippen molar-refractivity contribution in [3.8, 4) is 0 Å². The number of nitrogens with zero attached hydrogens (tertiary/aromatic N) is 2. The molecule has 1 unspecified atom stereocenters. The molecule has 1 atom stereocenters. The molecular weight excluding hydrogens is 365 g/mol. The van der Waals surface area contributed by atoms with Crippen LogP contribution in [0, 0.1) is 19.7 Å². The van der Waals surface area contributed by atoms with Crippen LogP contribution in [0.15, 0.2) is 47.5 Å². The van der Waals surface area contributed by atoms with Gasteiger partial charge in [-0.1, -0.05) is 17.8 Å². The molecular formula is C20H20FN3O2S. The van der Waals surface area contributed by atoms with Crippen molar-refractivity contribution in [1.82, 2.24) is 4.90 Å². The maximum absolute atomic E-state index is 13.0. The highest BCUT2D eigenvalue weighted by Gasteiger charge is 2.34. The summed E-state index contributed by atoms with van der Waals surface area (Å²) in [6.07, 6.45) is 0.0835. The van der Waals surface area contributed by atoms with Gasteiger partial charge in [0.2, 0.25) is 11.8 Å². The van der Waals surface area contributed by atoms with Gasteiger partial charge in [0.25, 0.3) is 0 Å². The molecule has 1 heterocycles. The monoisotopic (exact) mass is 385 g/mol. The Balaban J connectivity index is 1.78. The van der Waals surface area contributed by atoms with Crippen LogP contribution in [0.2, 0.25) is 0 Å². The first-order valence-electron chi connectivity index (χ1n) is 8.49. The number of anilines is 1. The molecule has 0 aromatic heterocycles. The van der Waals surface area contributed by atoms with E-state index in [4.69, 9.17) is 0 Å². The van der Waals surface area contributed by atoms with Crippen molar-refractivity contribution in [2.75, 3.05) is 12.4 Å². The molecule has 0 bridgehead atoms. The van der Waals surface area contributed by atoms with E-state index in [-0.39, 0.29) is 24.1 Å². The van der Waals surface area contributed by atoms with Crippen molar-refractivity contribution in [3.05, 3.63) is 59.4 Å². The van der Waals surface area contributed by atoms with Crippen LogP contribution in [0.1, 0.15) is 17.5 Å². The summed E-state index contributed by atoms with van der Waals surface area (Å²) in [5.41, 5.74) is 3.49. The molecule has 0 saturated carbocycles. The van der Waals surface area contributed by atoms with E-state index in [1.54, 1.807) is 7.05 Å². The second kappa shape index (κ2) is 7.92. The number of hydrogen-bond acceptors (Lipinski definition) is 4. The van der Waals surface area contributed by atoms with Crippen molar-refractivity contribution in [3.63, 3.8) is 0 Å². The minimum atomic E-state index is -0.593. The Morgan fingerprint density at radius 3 is 2.56 bits per heavy atom. The molecule has 1 aliphatic rings. The van der Waals surface area contributed by atoms with Gasteiger partial charge in [0.15, 0.2) is 5.17 Å². The predicted octanol–water partition coefficient (Wildman–Crippen LogP) is 4.03. The Labute approximate surface area is 161 Å². The average molecular weight is 385 g/mol. The number of carbonyl (C=O) groups is 2. The number of nitrogens with one attached hydrogen (secondary N) is 1. The summed E-state index contributed by atoms with van der Waals surface area (Å²) in [5, 5.41) is 2.61. The van der Waals surface area contributed by atoms with Gasteiger partial charge in [0, 0.05) is 19.2 Å². The molecule has 2 aromatic carbocycles. The lowest BCUT2D eigenvalue weighted by Gasteiger charge is -2.28. The number of carbonyl (C=O) groups excluding carboxylic acids is 2. The number of aliphatic imine (C=N–C) groups is 1. The SMILES string of the molecule is Cc1ccc(N=C2SC(C(=O)Nc3ccc(F)cc3)CC(=O)N2C)cc1C. The van der Waals surface area contributed by atoms with Crippen molar-refractivity contribution in [2.45, 2.75) is 25.5 Å². The Hall–Kier alpha value is -2.67. The van der Waals surface area contributed by atoms with Crippen LogP contribution in [0.3, 0.4) is 0 Å². The van der Waals surface area contributed by atoms with Gasteiger partial charge in [-0.2, -0.15) is 0 Å². The zero-order chi connectivity index (χ0) is 19.6. The Morgan fingerprint density at radius 1 is 1.19 bits per heavy atom. The summed E-state index contributed by atoms with van der Waals surface area (Å²) in [6.45, 7) is 4.02. The first kappa shape index (κ1) is 19.1. The molecule has 2 amide bonds. The highest BCUT2D eigenvalue weighted by molar-refractivity contribution is 8.15. The van der Waals surface area contributed by atoms with Gasteiger partial charge in [-0.25, -0.2) is 9.38 Å².